The number of carbonyl (C=O) groups is 11. The standard InChI is InChI=1S/C76H113IN16O17/c1-51(2)81-49-82-73-87-67-66(70(103)88-73)83-55(43-80-67)44-93(50-94)56-29-25-53(26-30-56)68(101)85-59(72(105)107-13)31-32-61(96)84-57(69(102)86-58(71(104)106-12)21-15-17-33-78-60(95)22-18-19-52-23-27-54(77)28-24-52)20-14-16-34-79-62(97)45-89-35-37-90(46-63(98)108-74(3,4)5)39-41-92(48-65(100)110-76(9,10)11)42-40-91(38-36-89)47-64(99)109-75(6,7)8/h23-30,43,49-51,57-59H,14-22,31-42,44-48H2,1-13H3,(H,78,95)(H,79,97)(H,84,96)(H,85,101)(H,86,102)(H2,80,81,82,87,88,103). The molecule has 3 heterocycles. The molecule has 0 aliphatic carbocycles. The Morgan fingerprint density at radius 1 is 0.591 bits per heavy atom. The Bertz CT molecular complexity index is 3740. The number of aliphatic imine (C=N–C) groups is 1. The van der Waals surface area contributed by atoms with Crippen LogP contribution >= 0.6 is 22.6 Å². The molecule has 3 atom stereocenters. The SMILES string of the molecule is COC(=O)C(CCC(=O)NC(CCCCNC(=O)CN1CCN(CC(=O)OC(C)(C)C)CCN(CC(=O)OC(C)(C)C)CCN(CC(=O)OC(C)(C)C)CC1)C(=O)NC(CCCCNC(=O)CCCc1ccc(I)cc1)C(=O)OC)NC(=O)c1ccc(N(C=O)Cc2cnc3nc(/N=C/NC(C)C)[nH]c(=O)c3n2)cc1. The van der Waals surface area contributed by atoms with Gasteiger partial charge in [-0.15, -0.1) is 0 Å². The second-order valence-corrected chi connectivity index (χ2v) is 31.4. The summed E-state index contributed by atoms with van der Waals surface area (Å²) < 4.78 is 28.3. The summed E-state index contributed by atoms with van der Waals surface area (Å²) in [7, 11) is 2.29. The molecule has 0 spiro atoms. The van der Waals surface area contributed by atoms with E-state index in [4.69, 9.17) is 23.7 Å². The number of esters is 5. The van der Waals surface area contributed by atoms with Gasteiger partial charge in [0.15, 0.2) is 11.2 Å². The van der Waals surface area contributed by atoms with E-state index in [0.717, 1.165) is 22.7 Å². The van der Waals surface area contributed by atoms with E-state index >= 15 is 0 Å². The van der Waals surface area contributed by atoms with E-state index in [1.165, 1.54) is 48.8 Å². The topological polar surface area (TPSA) is 406 Å². The fourth-order valence-corrected chi connectivity index (χ4v) is 11.7. The molecule has 1 aliphatic heterocycles. The zero-order chi connectivity index (χ0) is 81.1. The molecule has 1 fully saturated rings. The van der Waals surface area contributed by atoms with E-state index in [1.807, 2.05) is 57.7 Å². The number of methoxy groups -OCH3 is 2. The maximum absolute atomic E-state index is 14.4. The molecule has 1 saturated heterocycles. The van der Waals surface area contributed by atoms with Crippen molar-refractivity contribution < 1.29 is 76.4 Å². The van der Waals surface area contributed by atoms with Gasteiger partial charge in [0, 0.05) is 99.2 Å². The number of nitrogens with one attached hydrogen (secondary N) is 7. The number of nitrogens with zero attached hydrogens (tertiary/aromatic N) is 9. The number of carbonyl (C=O) groups excluding carboxylic acids is 11. The highest BCUT2D eigenvalue weighted by molar-refractivity contribution is 14.1. The molecule has 0 saturated carbocycles. The largest absolute Gasteiger partial charge is 0.467 e. The lowest BCUT2D eigenvalue weighted by molar-refractivity contribution is -0.158. The van der Waals surface area contributed by atoms with Gasteiger partial charge in [-0.2, -0.15) is 4.98 Å². The summed E-state index contributed by atoms with van der Waals surface area (Å²) in [6.07, 6.45) is 5.90. The van der Waals surface area contributed by atoms with E-state index in [-0.39, 0.29) is 111 Å². The first-order chi connectivity index (χ1) is 52.0. The summed E-state index contributed by atoms with van der Waals surface area (Å²) in [4.78, 5) is 189. The van der Waals surface area contributed by atoms with Crippen molar-refractivity contribution in [2.24, 2.45) is 4.99 Å². The highest BCUT2D eigenvalue weighted by Crippen LogP contribution is 2.20. The van der Waals surface area contributed by atoms with Crippen LogP contribution in [-0.2, 0) is 84.6 Å². The molecule has 4 aromatic rings. The average Bonchev–Trinajstić information content (AvgIpc) is 0.801. The number of unbranched alkanes of at least 4 members (excludes halogenated alkanes) is 2. The molecule has 2 aromatic heterocycles. The van der Waals surface area contributed by atoms with Gasteiger partial charge < -0.3 is 60.5 Å². The third kappa shape index (κ3) is 36.1. The number of aromatic amines is 1. The summed E-state index contributed by atoms with van der Waals surface area (Å²) in [5.74, 6) is -5.54. The number of amides is 6. The Hall–Kier alpha value is -9.13. The predicted octanol–water partition coefficient (Wildman–Crippen LogP) is 4.18. The minimum absolute atomic E-state index is 0.00853. The number of H-pyrrole nitrogens is 1. The van der Waals surface area contributed by atoms with Crippen LogP contribution in [0, 0.1) is 3.57 Å². The summed E-state index contributed by atoms with van der Waals surface area (Å²) in [5, 5.41) is 17.0. The Balaban J connectivity index is 1.27. The van der Waals surface area contributed by atoms with Gasteiger partial charge in [-0.25, -0.2) is 24.5 Å². The van der Waals surface area contributed by atoms with Crippen LogP contribution in [0.15, 0.2) is 64.5 Å². The van der Waals surface area contributed by atoms with E-state index in [2.05, 4.69) is 79.4 Å². The first kappa shape index (κ1) is 91.5. The van der Waals surface area contributed by atoms with E-state index in [1.54, 1.807) is 62.3 Å². The van der Waals surface area contributed by atoms with Crippen LogP contribution in [0.3, 0.4) is 0 Å². The first-order valence-corrected chi connectivity index (χ1v) is 38.3. The van der Waals surface area contributed by atoms with E-state index < -0.39 is 94.5 Å². The zero-order valence-electron chi connectivity index (χ0n) is 65.9. The third-order valence-electron chi connectivity index (χ3n) is 16.8. The number of hydrogen-bond donors (Lipinski definition) is 7. The lowest BCUT2D eigenvalue weighted by Gasteiger charge is -2.34. The Labute approximate surface area is 657 Å². The number of aryl methyl sites for hydroxylation is 1. The molecule has 34 heteroatoms. The lowest BCUT2D eigenvalue weighted by Crippen LogP contribution is -2.52. The van der Waals surface area contributed by atoms with Crippen LogP contribution in [0.4, 0.5) is 11.6 Å². The fraction of sp³-hybridized carbons (Fsp3) is 0.605. The number of halogens is 1. The van der Waals surface area contributed by atoms with Crippen LogP contribution in [0.2, 0.25) is 0 Å². The smallest absolute Gasteiger partial charge is 0.328 e. The van der Waals surface area contributed by atoms with Gasteiger partial charge in [0.05, 0.1) is 65.2 Å². The third-order valence-corrected chi connectivity index (χ3v) is 17.5. The molecule has 6 amide bonds. The van der Waals surface area contributed by atoms with Crippen molar-refractivity contribution in [1.29, 1.82) is 0 Å². The van der Waals surface area contributed by atoms with Crippen molar-refractivity contribution in [3.63, 3.8) is 0 Å². The predicted molar refractivity (Wildman–Crippen MR) is 421 cm³/mol. The molecule has 1 aliphatic rings. The van der Waals surface area contributed by atoms with E-state index in [9.17, 15) is 57.5 Å². The minimum Gasteiger partial charge on any atom is -0.467 e. The molecule has 0 bridgehead atoms. The molecule has 5 rings (SSSR count). The second-order valence-electron chi connectivity index (χ2n) is 30.1. The first-order valence-electron chi connectivity index (χ1n) is 37.2. The fourth-order valence-electron chi connectivity index (χ4n) is 11.3. The summed E-state index contributed by atoms with van der Waals surface area (Å²) in [5.41, 5.74) is -1.08. The van der Waals surface area contributed by atoms with Crippen molar-refractivity contribution in [1.82, 2.24) is 71.4 Å². The van der Waals surface area contributed by atoms with Crippen molar-refractivity contribution in [3.8, 4) is 0 Å². The molecule has 606 valence electrons. The van der Waals surface area contributed by atoms with Crippen molar-refractivity contribution in [2.45, 2.75) is 194 Å². The summed E-state index contributed by atoms with van der Waals surface area (Å²) in [6.45, 7) is 22.6. The number of aromatic nitrogens is 4. The molecule has 0 radical (unpaired) electrons. The normalized spacial score (nSPS) is 14.7. The molecule has 110 heavy (non-hydrogen) atoms. The molecule has 33 nitrogen and oxygen atoms in total. The van der Waals surface area contributed by atoms with Crippen LogP contribution < -0.4 is 42.4 Å². The summed E-state index contributed by atoms with van der Waals surface area (Å²) >= 11 is 2.24. The number of benzene rings is 2. The van der Waals surface area contributed by atoms with Crippen LogP contribution in [-0.4, -0.2) is 258 Å². The quantitative estimate of drug-likeness (QED) is 0.00626. The Morgan fingerprint density at radius 2 is 1.08 bits per heavy atom. The Morgan fingerprint density at radius 3 is 1.57 bits per heavy atom. The molecular formula is C76H113IN16O17. The van der Waals surface area contributed by atoms with Gasteiger partial charge in [-0.3, -0.25) is 72.5 Å². The maximum atomic E-state index is 14.4. The number of hydrogen-bond acceptors (Lipinski definition) is 25. The number of rotatable bonds is 39. The molecule has 3 unspecified atom stereocenters. The van der Waals surface area contributed by atoms with Crippen molar-refractivity contribution >= 4 is 118 Å². The van der Waals surface area contributed by atoms with Gasteiger partial charge >= 0.3 is 29.8 Å². The van der Waals surface area contributed by atoms with Gasteiger partial charge in [0.1, 0.15) is 34.9 Å². The van der Waals surface area contributed by atoms with Crippen LogP contribution in [0.25, 0.3) is 11.2 Å². The van der Waals surface area contributed by atoms with Crippen LogP contribution in [0.5, 0.6) is 0 Å². The number of ether oxygens (including phenoxy) is 5. The second kappa shape index (κ2) is 45.9. The summed E-state index contributed by atoms with van der Waals surface area (Å²) in [6, 6.07) is 10.2. The van der Waals surface area contributed by atoms with Gasteiger partial charge in [0.2, 0.25) is 36.0 Å². The lowest BCUT2D eigenvalue weighted by atomic mass is 10.0. The number of anilines is 1. The highest BCUT2D eigenvalue weighted by atomic mass is 127. The number of fused-ring (bicyclic) bond motifs is 1. The van der Waals surface area contributed by atoms with Gasteiger partial charge in [-0.05, 0) is 199 Å². The van der Waals surface area contributed by atoms with Gasteiger partial charge in [0.25, 0.3) is 11.5 Å². The minimum atomic E-state index is -1.37. The zero-order valence-corrected chi connectivity index (χ0v) is 68.0. The average molecular weight is 1650 g/mol. The van der Waals surface area contributed by atoms with E-state index in [0.29, 0.717) is 103 Å². The van der Waals surface area contributed by atoms with Crippen molar-refractivity contribution in [2.75, 3.05) is 111 Å². The molecule has 7 N–H and O–H groups in total. The highest BCUT2D eigenvalue weighted by Gasteiger charge is 2.31. The van der Waals surface area contributed by atoms with Crippen molar-refractivity contribution in [3.05, 3.63) is 85.5 Å². The maximum Gasteiger partial charge on any atom is 0.328 e. The van der Waals surface area contributed by atoms with Crippen LogP contribution in [0.1, 0.15) is 162 Å². The molecule has 2 aromatic carbocycles. The molecular weight excluding hydrogens is 1540 g/mol. The monoisotopic (exact) mass is 1650 g/mol. The Kier molecular flexibility index (Phi) is 38.2. The van der Waals surface area contributed by atoms with Gasteiger partial charge in [-0.1, -0.05) is 12.1 Å².